The molecule has 2 heterocycles. The largest absolute Gasteiger partial charge is 0.777 e. The molecule has 2 aliphatic rings. The van der Waals surface area contributed by atoms with Crippen LogP contribution in [0, 0.1) is 0 Å². The van der Waals surface area contributed by atoms with Crippen LogP contribution in [0.3, 0.4) is 0 Å². The molecule has 0 aromatic heterocycles. The lowest BCUT2D eigenvalue weighted by molar-refractivity contribution is 0.224. The van der Waals surface area contributed by atoms with Gasteiger partial charge in [-0.1, -0.05) is 52.0 Å². The first-order valence-electron chi connectivity index (χ1n) is 7.41. The van der Waals surface area contributed by atoms with Crippen LogP contribution in [0.15, 0.2) is 48.5 Å². The van der Waals surface area contributed by atoms with Crippen LogP contribution in [-0.2, 0) is 0 Å². The molecule has 2 aromatic carbocycles. The highest BCUT2D eigenvalue weighted by atomic mass is 16.9. The molecule has 0 amide bonds. The topological polar surface area (TPSA) is 36.9 Å². The lowest BCUT2D eigenvalue weighted by Gasteiger charge is -2.27. The average molecular weight is 287 g/mol. The third-order valence-corrected chi connectivity index (χ3v) is 2.78. The Morgan fingerprint density at radius 2 is 0.762 bits per heavy atom. The fourth-order valence-electron chi connectivity index (χ4n) is 2.06. The molecule has 0 saturated heterocycles. The van der Waals surface area contributed by atoms with Crippen molar-refractivity contribution in [2.45, 2.75) is 27.7 Å². The van der Waals surface area contributed by atoms with Gasteiger partial charge >= 0.3 is 6.96 Å². The number of para-hydroxylation sites is 4. The van der Waals surface area contributed by atoms with Crippen molar-refractivity contribution >= 4 is 6.96 Å². The lowest BCUT2D eigenvalue weighted by Crippen LogP contribution is -2.54. The van der Waals surface area contributed by atoms with Gasteiger partial charge in [-0.15, -0.1) is 0 Å². The SMILES string of the molecule is CC.CC.c1ccc2c(c1)O[B-]1(O2)Oc2ccccc2O1. The van der Waals surface area contributed by atoms with Crippen molar-refractivity contribution in [2.75, 3.05) is 0 Å². The molecule has 0 bridgehead atoms. The first kappa shape index (κ1) is 15.1. The van der Waals surface area contributed by atoms with Gasteiger partial charge in [-0.25, -0.2) is 0 Å². The van der Waals surface area contributed by atoms with E-state index in [0.29, 0.717) is 23.0 Å². The zero-order chi connectivity index (χ0) is 15.3. The smallest absolute Gasteiger partial charge is 0.609 e. The van der Waals surface area contributed by atoms with Gasteiger partial charge in [-0.2, -0.15) is 0 Å². The van der Waals surface area contributed by atoms with Gasteiger partial charge in [0, 0.05) is 0 Å². The van der Waals surface area contributed by atoms with E-state index in [9.17, 15) is 0 Å². The van der Waals surface area contributed by atoms with Gasteiger partial charge in [0.1, 0.15) is 23.0 Å². The maximum atomic E-state index is 5.63. The summed E-state index contributed by atoms with van der Waals surface area (Å²) in [6.07, 6.45) is 0. The molecule has 5 heteroatoms. The molecule has 0 atom stereocenters. The quantitative estimate of drug-likeness (QED) is 0.672. The number of hydrogen-bond donors (Lipinski definition) is 0. The van der Waals surface area contributed by atoms with Crippen LogP contribution in [0.4, 0.5) is 0 Å². The summed E-state index contributed by atoms with van der Waals surface area (Å²) < 4.78 is 22.5. The predicted octanol–water partition coefficient (Wildman–Crippen LogP) is 4.42. The minimum Gasteiger partial charge on any atom is -0.609 e. The fourth-order valence-corrected chi connectivity index (χ4v) is 2.06. The van der Waals surface area contributed by atoms with E-state index in [-0.39, 0.29) is 0 Å². The summed E-state index contributed by atoms with van der Waals surface area (Å²) >= 11 is 0. The summed E-state index contributed by atoms with van der Waals surface area (Å²) in [6, 6.07) is 14.8. The molecule has 2 aromatic rings. The first-order valence-corrected chi connectivity index (χ1v) is 7.41. The van der Waals surface area contributed by atoms with Crippen LogP contribution < -0.4 is 18.6 Å². The Kier molecular flexibility index (Phi) is 4.63. The van der Waals surface area contributed by atoms with E-state index in [1.54, 1.807) is 0 Å². The van der Waals surface area contributed by atoms with Gasteiger partial charge in [0.25, 0.3) is 0 Å². The molecular weight excluding hydrogens is 267 g/mol. The zero-order valence-corrected chi connectivity index (χ0v) is 12.8. The second-order valence-corrected chi connectivity index (χ2v) is 3.94. The standard InChI is InChI=1S/C12H8BO4.2C2H6/c1-2-6-10-9(5-1)14-13(15-10)16-11-7-3-4-8-12(11)17-13;2*1-2/h1-8H;2*1-2H3/q-1;;. The van der Waals surface area contributed by atoms with Gasteiger partial charge in [-0.3, -0.25) is 0 Å². The van der Waals surface area contributed by atoms with Crippen LogP contribution in [0.5, 0.6) is 23.0 Å². The van der Waals surface area contributed by atoms with Crippen molar-refractivity contribution in [1.29, 1.82) is 0 Å². The summed E-state index contributed by atoms with van der Waals surface area (Å²) in [5, 5.41) is 0. The van der Waals surface area contributed by atoms with Gasteiger partial charge in [0.15, 0.2) is 0 Å². The zero-order valence-electron chi connectivity index (χ0n) is 12.8. The van der Waals surface area contributed by atoms with E-state index in [2.05, 4.69) is 0 Å². The van der Waals surface area contributed by atoms with Crippen molar-refractivity contribution in [3.05, 3.63) is 48.5 Å². The molecule has 0 fully saturated rings. The molecule has 0 saturated carbocycles. The predicted molar refractivity (Wildman–Crippen MR) is 83.8 cm³/mol. The second kappa shape index (κ2) is 6.44. The Bertz CT molecular complexity index is 493. The molecule has 0 radical (unpaired) electrons. The monoisotopic (exact) mass is 287 g/mol. The van der Waals surface area contributed by atoms with E-state index >= 15 is 0 Å². The Labute approximate surface area is 125 Å². The third kappa shape index (κ3) is 2.77. The molecule has 2 aliphatic heterocycles. The van der Waals surface area contributed by atoms with E-state index < -0.39 is 6.96 Å². The average Bonchev–Trinajstić information content (AvgIpc) is 3.09. The van der Waals surface area contributed by atoms with Gasteiger partial charge in [-0.05, 0) is 24.3 Å². The second-order valence-electron chi connectivity index (χ2n) is 3.94. The molecule has 0 unspecified atom stereocenters. The highest BCUT2D eigenvalue weighted by Crippen LogP contribution is 2.44. The van der Waals surface area contributed by atoms with Crippen molar-refractivity contribution in [1.82, 2.24) is 0 Å². The summed E-state index contributed by atoms with van der Waals surface area (Å²) in [6.45, 7) is 5.79. The summed E-state index contributed by atoms with van der Waals surface area (Å²) in [7, 11) is 0. The van der Waals surface area contributed by atoms with E-state index in [0.717, 1.165) is 0 Å². The molecule has 4 nitrogen and oxygen atoms in total. The van der Waals surface area contributed by atoms with Crippen molar-refractivity contribution in [3.8, 4) is 23.0 Å². The summed E-state index contributed by atoms with van der Waals surface area (Å²) in [5.74, 6) is 2.56. The molecule has 4 rings (SSSR count). The Morgan fingerprint density at radius 3 is 1.00 bits per heavy atom. The number of hydrogen-bond acceptors (Lipinski definition) is 4. The highest BCUT2D eigenvalue weighted by Gasteiger charge is 2.51. The molecule has 21 heavy (non-hydrogen) atoms. The lowest BCUT2D eigenvalue weighted by atomic mass is 10.1. The Balaban J connectivity index is 0.000000374. The maximum absolute atomic E-state index is 5.63. The van der Waals surface area contributed by atoms with Gasteiger partial charge in [0.2, 0.25) is 0 Å². The fraction of sp³-hybridized carbons (Fsp3) is 0.250. The number of rotatable bonds is 0. The van der Waals surface area contributed by atoms with Crippen molar-refractivity contribution in [3.63, 3.8) is 0 Å². The van der Waals surface area contributed by atoms with E-state index in [1.807, 2.05) is 76.2 Å². The molecule has 0 aliphatic carbocycles. The number of fused-ring (bicyclic) bond motifs is 2. The van der Waals surface area contributed by atoms with Crippen molar-refractivity contribution in [2.24, 2.45) is 0 Å². The molecule has 0 N–H and O–H groups in total. The van der Waals surface area contributed by atoms with Crippen molar-refractivity contribution < 1.29 is 18.6 Å². The minimum absolute atomic E-state index is 0.639. The Hall–Kier alpha value is -2.30. The van der Waals surface area contributed by atoms with Crippen LogP contribution in [0.1, 0.15) is 27.7 Å². The summed E-state index contributed by atoms with van der Waals surface area (Å²) in [5.41, 5.74) is 0. The number of benzene rings is 2. The van der Waals surface area contributed by atoms with Crippen LogP contribution in [-0.4, -0.2) is 6.96 Å². The highest BCUT2D eigenvalue weighted by molar-refractivity contribution is 6.59. The van der Waals surface area contributed by atoms with Crippen LogP contribution in [0.25, 0.3) is 0 Å². The normalized spacial score (nSPS) is 14.7. The van der Waals surface area contributed by atoms with Crippen LogP contribution >= 0.6 is 0 Å². The molecular formula is C16H20BO4-. The third-order valence-electron chi connectivity index (χ3n) is 2.78. The minimum atomic E-state index is -2.21. The maximum Gasteiger partial charge on any atom is 0.777 e. The molecule has 1 spiro atoms. The van der Waals surface area contributed by atoms with E-state index in [4.69, 9.17) is 18.6 Å². The first-order chi connectivity index (χ1) is 10.3. The summed E-state index contributed by atoms with van der Waals surface area (Å²) in [4.78, 5) is 0. The van der Waals surface area contributed by atoms with Gasteiger partial charge in [0.05, 0.1) is 0 Å². The van der Waals surface area contributed by atoms with E-state index in [1.165, 1.54) is 0 Å². The van der Waals surface area contributed by atoms with Crippen LogP contribution in [0.2, 0.25) is 0 Å². The Morgan fingerprint density at radius 1 is 0.524 bits per heavy atom. The van der Waals surface area contributed by atoms with Gasteiger partial charge < -0.3 is 18.6 Å². The molecule has 112 valence electrons.